The predicted octanol–water partition coefficient (Wildman–Crippen LogP) is 2.30. The van der Waals surface area contributed by atoms with Crippen molar-refractivity contribution in [2.45, 2.75) is 89.5 Å². The molecule has 4 rings (SSSR count). The summed E-state index contributed by atoms with van der Waals surface area (Å²) in [6.07, 6.45) is 8.43. The van der Waals surface area contributed by atoms with E-state index in [1.54, 1.807) is 6.92 Å². The number of ether oxygens (including phenoxy) is 4. The second kappa shape index (κ2) is 11.1. The van der Waals surface area contributed by atoms with E-state index >= 15 is 0 Å². The van der Waals surface area contributed by atoms with E-state index in [1.807, 2.05) is 0 Å². The molecule has 2 saturated heterocycles. The van der Waals surface area contributed by atoms with Gasteiger partial charge in [-0.25, -0.2) is 9.59 Å². The van der Waals surface area contributed by atoms with Crippen molar-refractivity contribution >= 4 is 11.9 Å². The van der Waals surface area contributed by atoms with Crippen LogP contribution < -0.4 is 0 Å². The molecule has 2 bridgehead atoms. The molecule has 0 amide bonds. The van der Waals surface area contributed by atoms with Gasteiger partial charge in [0.15, 0.2) is 0 Å². The highest BCUT2D eigenvalue weighted by Gasteiger charge is 2.83. The third-order valence-electron chi connectivity index (χ3n) is 8.96. The van der Waals surface area contributed by atoms with Crippen molar-refractivity contribution in [2.24, 2.45) is 10.8 Å². The van der Waals surface area contributed by atoms with Gasteiger partial charge in [0.1, 0.15) is 18.3 Å². The fraction of sp³-hybridized carbons (Fsp3) is 0.655. The standard InChI is InChI=1S/C29H40O9/c1-18-9-11-28(16-35-26(34)14-19(2)10-12-30)23(13-18)37-24-15-22(27(28,4)29(24)17-36-29)38-25(33)8-6-5-7-21(32)20(3)31/h5-8,13-14,20-24,30-32H,9-12,15-17H2,1-4H3/b7-5+,8-6-,19-14+/t20-,21-,22+,23+,24?,27+,28+,29-/m0/s1. The van der Waals surface area contributed by atoms with Crippen LogP contribution in [0.25, 0.3) is 0 Å². The van der Waals surface area contributed by atoms with Crippen LogP contribution in [0.1, 0.15) is 53.4 Å². The van der Waals surface area contributed by atoms with E-state index in [0.29, 0.717) is 25.9 Å². The SMILES string of the molecule is CC1=C[C@H]2OC3C[C@@H](OC(=O)/C=C\C=C\[C@H](O)[C@H](C)O)[C@](C)([C@@]2(COC(=O)/C=C(\C)CCO)CC1)[C@]31CO1. The first-order chi connectivity index (χ1) is 18.0. The molecule has 38 heavy (non-hydrogen) atoms. The molecule has 0 aromatic heterocycles. The normalized spacial score (nSPS) is 37.7. The van der Waals surface area contributed by atoms with Gasteiger partial charge >= 0.3 is 11.9 Å². The van der Waals surface area contributed by atoms with E-state index in [0.717, 1.165) is 12.0 Å². The summed E-state index contributed by atoms with van der Waals surface area (Å²) in [5.74, 6) is -1.02. The highest BCUT2D eigenvalue weighted by atomic mass is 16.6. The number of hydrogen-bond acceptors (Lipinski definition) is 9. The molecule has 3 fully saturated rings. The number of allylic oxidation sites excluding steroid dienone is 3. The Bertz CT molecular complexity index is 1040. The Morgan fingerprint density at radius 1 is 1.26 bits per heavy atom. The molecule has 1 saturated carbocycles. The van der Waals surface area contributed by atoms with Crippen LogP contribution in [0.15, 0.2) is 47.6 Å². The Labute approximate surface area is 223 Å². The van der Waals surface area contributed by atoms with Crippen LogP contribution in [0.4, 0.5) is 0 Å². The number of carbonyl (C=O) groups is 2. The van der Waals surface area contributed by atoms with Gasteiger partial charge in [0.25, 0.3) is 0 Å². The molecule has 2 aliphatic heterocycles. The summed E-state index contributed by atoms with van der Waals surface area (Å²) >= 11 is 0. The first-order valence-electron chi connectivity index (χ1n) is 13.3. The first kappa shape index (κ1) is 28.7. The van der Waals surface area contributed by atoms with Crippen LogP contribution in [0.5, 0.6) is 0 Å². The van der Waals surface area contributed by atoms with Gasteiger partial charge in [0, 0.05) is 30.6 Å². The zero-order chi connectivity index (χ0) is 27.7. The molecule has 210 valence electrons. The Morgan fingerprint density at radius 2 is 2.00 bits per heavy atom. The van der Waals surface area contributed by atoms with Crippen LogP contribution in [0, 0.1) is 10.8 Å². The number of aliphatic hydroxyl groups is 3. The van der Waals surface area contributed by atoms with Crippen molar-refractivity contribution in [3.05, 3.63) is 47.6 Å². The van der Waals surface area contributed by atoms with E-state index in [-0.39, 0.29) is 25.4 Å². The topological polar surface area (TPSA) is 135 Å². The van der Waals surface area contributed by atoms with E-state index < -0.39 is 46.7 Å². The van der Waals surface area contributed by atoms with E-state index in [2.05, 4.69) is 19.9 Å². The summed E-state index contributed by atoms with van der Waals surface area (Å²) in [6, 6.07) is 0. The molecule has 0 aromatic carbocycles. The summed E-state index contributed by atoms with van der Waals surface area (Å²) in [4.78, 5) is 25.5. The molecule has 1 spiro atoms. The number of rotatable bonds is 10. The molecule has 0 aromatic rings. The molecular weight excluding hydrogens is 492 g/mol. The fourth-order valence-electron chi connectivity index (χ4n) is 6.48. The molecule has 1 unspecified atom stereocenters. The van der Waals surface area contributed by atoms with Gasteiger partial charge in [0.2, 0.25) is 0 Å². The predicted molar refractivity (Wildman–Crippen MR) is 138 cm³/mol. The van der Waals surface area contributed by atoms with E-state index in [1.165, 1.54) is 42.9 Å². The second-order valence-electron chi connectivity index (χ2n) is 11.3. The zero-order valence-electron chi connectivity index (χ0n) is 22.6. The van der Waals surface area contributed by atoms with Gasteiger partial charge in [-0.15, -0.1) is 0 Å². The average Bonchev–Trinajstić information content (AvgIpc) is 3.63. The highest BCUT2D eigenvalue weighted by Crippen LogP contribution is 2.72. The van der Waals surface area contributed by atoms with Gasteiger partial charge in [-0.1, -0.05) is 42.4 Å². The highest BCUT2D eigenvalue weighted by molar-refractivity contribution is 5.83. The number of carbonyl (C=O) groups excluding carboxylic acids is 2. The molecule has 2 heterocycles. The lowest BCUT2D eigenvalue weighted by atomic mass is 9.51. The van der Waals surface area contributed by atoms with Crippen LogP contribution in [0.2, 0.25) is 0 Å². The molecule has 2 aliphatic carbocycles. The van der Waals surface area contributed by atoms with E-state index in [4.69, 9.17) is 24.1 Å². The lowest BCUT2D eigenvalue weighted by molar-refractivity contribution is -0.232. The van der Waals surface area contributed by atoms with Crippen LogP contribution in [-0.2, 0) is 28.5 Å². The smallest absolute Gasteiger partial charge is 0.331 e. The largest absolute Gasteiger partial charge is 0.462 e. The third-order valence-corrected chi connectivity index (χ3v) is 8.96. The van der Waals surface area contributed by atoms with Gasteiger partial charge in [-0.3, -0.25) is 0 Å². The van der Waals surface area contributed by atoms with Gasteiger partial charge < -0.3 is 34.3 Å². The summed E-state index contributed by atoms with van der Waals surface area (Å²) in [5, 5.41) is 28.2. The van der Waals surface area contributed by atoms with Crippen molar-refractivity contribution in [3.8, 4) is 0 Å². The summed E-state index contributed by atoms with van der Waals surface area (Å²) < 4.78 is 24.6. The van der Waals surface area contributed by atoms with Crippen molar-refractivity contribution in [2.75, 3.05) is 19.8 Å². The lowest BCUT2D eigenvalue weighted by Crippen LogP contribution is -2.66. The number of fused-ring (bicyclic) bond motifs is 2. The quantitative estimate of drug-likeness (QED) is 0.127. The zero-order valence-corrected chi connectivity index (χ0v) is 22.6. The molecule has 9 nitrogen and oxygen atoms in total. The Morgan fingerprint density at radius 3 is 2.66 bits per heavy atom. The third kappa shape index (κ3) is 5.02. The van der Waals surface area contributed by atoms with Crippen molar-refractivity contribution in [1.82, 2.24) is 0 Å². The Hall–Kier alpha value is -2.30. The Balaban J connectivity index is 1.58. The minimum atomic E-state index is -1.03. The maximum Gasteiger partial charge on any atom is 0.331 e. The van der Waals surface area contributed by atoms with Crippen molar-refractivity contribution < 1.29 is 43.9 Å². The number of hydrogen-bond donors (Lipinski definition) is 3. The van der Waals surface area contributed by atoms with E-state index in [9.17, 15) is 19.8 Å². The average molecular weight is 533 g/mol. The van der Waals surface area contributed by atoms with Crippen LogP contribution >= 0.6 is 0 Å². The maximum absolute atomic E-state index is 12.8. The number of epoxide rings is 1. The van der Waals surface area contributed by atoms with Crippen molar-refractivity contribution in [1.29, 1.82) is 0 Å². The molecule has 3 N–H and O–H groups in total. The summed E-state index contributed by atoms with van der Waals surface area (Å²) in [5.41, 5.74) is -0.0208. The Kier molecular flexibility index (Phi) is 8.35. The minimum Gasteiger partial charge on any atom is -0.462 e. The summed E-state index contributed by atoms with van der Waals surface area (Å²) in [6.45, 7) is 7.90. The molecular formula is C29H40O9. The van der Waals surface area contributed by atoms with Crippen molar-refractivity contribution in [3.63, 3.8) is 0 Å². The molecule has 0 radical (unpaired) electrons. The molecule has 4 aliphatic rings. The van der Waals surface area contributed by atoms with Gasteiger partial charge in [-0.2, -0.15) is 0 Å². The fourth-order valence-corrected chi connectivity index (χ4v) is 6.48. The monoisotopic (exact) mass is 532 g/mol. The molecule has 8 atom stereocenters. The van der Waals surface area contributed by atoms with Crippen LogP contribution in [0.3, 0.4) is 0 Å². The van der Waals surface area contributed by atoms with Gasteiger partial charge in [0.05, 0.1) is 36.4 Å². The first-order valence-corrected chi connectivity index (χ1v) is 13.3. The lowest BCUT2D eigenvalue weighted by Gasteiger charge is -2.58. The number of esters is 2. The summed E-state index contributed by atoms with van der Waals surface area (Å²) in [7, 11) is 0. The number of aliphatic hydroxyl groups excluding tert-OH is 3. The second-order valence-corrected chi connectivity index (χ2v) is 11.3. The van der Waals surface area contributed by atoms with Crippen LogP contribution in [-0.4, -0.2) is 83.2 Å². The minimum absolute atomic E-state index is 0.0444. The maximum atomic E-state index is 12.8. The van der Waals surface area contributed by atoms with Gasteiger partial charge in [-0.05, 0) is 40.0 Å². The molecule has 9 heteroatoms.